The highest BCUT2D eigenvalue weighted by atomic mass is 16.5. The molecule has 130 valence electrons. The second-order valence-corrected chi connectivity index (χ2v) is 7.27. The summed E-state index contributed by atoms with van der Waals surface area (Å²) in [6.07, 6.45) is 8.50. The summed E-state index contributed by atoms with van der Waals surface area (Å²) in [5, 5.41) is 11.5. The number of benzene rings is 1. The van der Waals surface area contributed by atoms with Crippen molar-refractivity contribution in [2.24, 2.45) is 5.92 Å². The van der Waals surface area contributed by atoms with E-state index in [1.165, 1.54) is 37.2 Å². The molecular weight excluding hydrogens is 312 g/mol. The molecule has 1 aromatic heterocycles. The van der Waals surface area contributed by atoms with E-state index in [-0.39, 0.29) is 5.91 Å². The van der Waals surface area contributed by atoms with E-state index in [0.29, 0.717) is 28.2 Å². The number of hydrogen-bond acceptors (Lipinski definition) is 2. The Labute approximate surface area is 148 Å². The number of piperidine rings is 1. The van der Waals surface area contributed by atoms with E-state index in [1.54, 1.807) is 12.1 Å². The SMILES string of the molecule is O=C(c1ccc[n+]([O-])c1)N1CC[C@H](c2ccccc2)[C@H]2CCCC[C@H]21. The Morgan fingerprint density at radius 2 is 1.84 bits per heavy atom. The van der Waals surface area contributed by atoms with Crippen LogP contribution in [0.4, 0.5) is 0 Å². The van der Waals surface area contributed by atoms with E-state index in [0.717, 1.165) is 19.4 Å². The summed E-state index contributed by atoms with van der Waals surface area (Å²) in [5.41, 5.74) is 1.91. The molecule has 2 aliphatic rings. The van der Waals surface area contributed by atoms with Crippen LogP contribution in [0.3, 0.4) is 0 Å². The Morgan fingerprint density at radius 3 is 2.64 bits per heavy atom. The van der Waals surface area contributed by atoms with Crippen molar-refractivity contribution in [3.05, 3.63) is 71.2 Å². The van der Waals surface area contributed by atoms with Crippen LogP contribution >= 0.6 is 0 Å². The Bertz CT molecular complexity index is 747. The normalized spacial score (nSPS) is 26.1. The first-order valence-corrected chi connectivity index (χ1v) is 9.29. The molecule has 3 atom stereocenters. The molecule has 25 heavy (non-hydrogen) atoms. The zero-order valence-electron chi connectivity index (χ0n) is 14.4. The first-order valence-electron chi connectivity index (χ1n) is 9.29. The van der Waals surface area contributed by atoms with E-state index >= 15 is 0 Å². The first kappa shape index (κ1) is 16.1. The van der Waals surface area contributed by atoms with Crippen LogP contribution < -0.4 is 4.73 Å². The summed E-state index contributed by atoms with van der Waals surface area (Å²) in [6.45, 7) is 0.771. The van der Waals surface area contributed by atoms with Gasteiger partial charge in [0, 0.05) is 18.7 Å². The largest absolute Gasteiger partial charge is 0.619 e. The summed E-state index contributed by atoms with van der Waals surface area (Å²) >= 11 is 0. The van der Waals surface area contributed by atoms with Gasteiger partial charge in [-0.15, -0.1) is 0 Å². The van der Waals surface area contributed by atoms with Gasteiger partial charge in [0.05, 0.1) is 0 Å². The van der Waals surface area contributed by atoms with Gasteiger partial charge in [-0.1, -0.05) is 43.2 Å². The maximum Gasteiger partial charge on any atom is 0.260 e. The van der Waals surface area contributed by atoms with Crippen LogP contribution in [0.5, 0.6) is 0 Å². The third-order valence-electron chi connectivity index (χ3n) is 5.89. The number of fused-ring (bicyclic) bond motifs is 1. The molecule has 1 saturated heterocycles. The monoisotopic (exact) mass is 336 g/mol. The van der Waals surface area contributed by atoms with Crippen molar-refractivity contribution in [2.75, 3.05) is 6.54 Å². The van der Waals surface area contributed by atoms with Gasteiger partial charge < -0.3 is 10.1 Å². The Hall–Kier alpha value is -2.36. The summed E-state index contributed by atoms with van der Waals surface area (Å²) in [6, 6.07) is 14.4. The van der Waals surface area contributed by atoms with Gasteiger partial charge >= 0.3 is 0 Å². The highest BCUT2D eigenvalue weighted by Crippen LogP contribution is 2.44. The molecule has 0 spiro atoms. The second kappa shape index (κ2) is 6.87. The van der Waals surface area contributed by atoms with Gasteiger partial charge in [-0.3, -0.25) is 4.79 Å². The zero-order valence-corrected chi connectivity index (χ0v) is 14.4. The van der Waals surface area contributed by atoms with Gasteiger partial charge in [0.25, 0.3) is 5.91 Å². The van der Waals surface area contributed by atoms with Gasteiger partial charge in [0.15, 0.2) is 12.4 Å². The molecule has 1 amide bonds. The molecule has 2 aromatic rings. The van der Waals surface area contributed by atoms with Crippen LogP contribution in [0.25, 0.3) is 0 Å². The lowest BCUT2D eigenvalue weighted by Crippen LogP contribution is -2.52. The van der Waals surface area contributed by atoms with Crippen LogP contribution in [-0.4, -0.2) is 23.4 Å². The van der Waals surface area contributed by atoms with Crippen LogP contribution in [0, 0.1) is 11.1 Å². The van der Waals surface area contributed by atoms with Gasteiger partial charge in [-0.25, -0.2) is 0 Å². The van der Waals surface area contributed by atoms with Crippen molar-refractivity contribution < 1.29 is 9.52 Å². The van der Waals surface area contributed by atoms with Gasteiger partial charge in [-0.05, 0) is 42.7 Å². The smallest absolute Gasteiger partial charge is 0.260 e. The van der Waals surface area contributed by atoms with E-state index in [2.05, 4.69) is 30.3 Å². The Balaban J connectivity index is 1.60. The van der Waals surface area contributed by atoms with Crippen molar-refractivity contribution in [1.82, 2.24) is 4.90 Å². The number of pyridine rings is 1. The summed E-state index contributed by atoms with van der Waals surface area (Å²) in [7, 11) is 0. The minimum Gasteiger partial charge on any atom is -0.619 e. The minimum absolute atomic E-state index is 0.00797. The predicted molar refractivity (Wildman–Crippen MR) is 96.0 cm³/mol. The van der Waals surface area contributed by atoms with E-state index < -0.39 is 0 Å². The molecule has 1 aliphatic heterocycles. The fourth-order valence-electron chi connectivity index (χ4n) is 4.77. The number of nitrogens with zero attached hydrogens (tertiary/aromatic N) is 2. The van der Waals surface area contributed by atoms with Gasteiger partial charge in [0.2, 0.25) is 0 Å². The van der Waals surface area contributed by atoms with E-state index in [4.69, 9.17) is 0 Å². The predicted octanol–water partition coefficient (Wildman–Crippen LogP) is 3.51. The fourth-order valence-corrected chi connectivity index (χ4v) is 4.77. The molecule has 1 aromatic carbocycles. The maximum absolute atomic E-state index is 13.0. The standard InChI is InChI=1S/C21H24N2O2/c24-21(17-9-6-13-22(25)15-17)23-14-12-18(16-7-2-1-3-8-16)19-10-4-5-11-20(19)23/h1-3,6-9,13,15,18-20H,4-5,10-12,14H2/t18-,19-,20-/m1/s1. The number of likely N-dealkylation sites (tertiary alicyclic amines) is 1. The molecule has 0 unspecified atom stereocenters. The summed E-state index contributed by atoms with van der Waals surface area (Å²) < 4.78 is 0.711. The lowest BCUT2D eigenvalue weighted by Gasteiger charge is -2.48. The topological polar surface area (TPSA) is 47.2 Å². The average Bonchev–Trinajstić information content (AvgIpc) is 2.67. The molecule has 0 radical (unpaired) electrons. The highest BCUT2D eigenvalue weighted by Gasteiger charge is 2.42. The number of aromatic nitrogens is 1. The molecule has 0 bridgehead atoms. The fraction of sp³-hybridized carbons (Fsp3) is 0.429. The summed E-state index contributed by atoms with van der Waals surface area (Å²) in [4.78, 5) is 15.1. The van der Waals surface area contributed by atoms with Gasteiger partial charge in [-0.2, -0.15) is 4.73 Å². The van der Waals surface area contributed by atoms with Crippen molar-refractivity contribution in [3.63, 3.8) is 0 Å². The lowest BCUT2D eigenvalue weighted by molar-refractivity contribution is -0.605. The van der Waals surface area contributed by atoms with Crippen LogP contribution in [0.2, 0.25) is 0 Å². The molecule has 1 saturated carbocycles. The molecule has 4 heteroatoms. The molecular formula is C21H24N2O2. The first-order chi connectivity index (χ1) is 12.2. The quantitative estimate of drug-likeness (QED) is 0.622. The third-order valence-corrected chi connectivity index (χ3v) is 5.89. The molecule has 1 aliphatic carbocycles. The molecule has 4 nitrogen and oxygen atoms in total. The number of hydrogen-bond donors (Lipinski definition) is 0. The average molecular weight is 336 g/mol. The van der Waals surface area contributed by atoms with Crippen LogP contribution in [-0.2, 0) is 0 Å². The Morgan fingerprint density at radius 1 is 1.04 bits per heavy atom. The highest BCUT2D eigenvalue weighted by molar-refractivity contribution is 5.94. The van der Waals surface area contributed by atoms with E-state index in [1.807, 2.05) is 4.90 Å². The number of amides is 1. The van der Waals surface area contributed by atoms with Crippen molar-refractivity contribution in [2.45, 2.75) is 44.1 Å². The second-order valence-electron chi connectivity index (χ2n) is 7.27. The van der Waals surface area contributed by atoms with Crippen molar-refractivity contribution in [3.8, 4) is 0 Å². The Kier molecular flexibility index (Phi) is 4.43. The van der Waals surface area contributed by atoms with Crippen LogP contribution in [0.1, 0.15) is 53.9 Å². The van der Waals surface area contributed by atoms with Crippen molar-refractivity contribution >= 4 is 5.91 Å². The van der Waals surface area contributed by atoms with E-state index in [9.17, 15) is 10.0 Å². The molecule has 2 heterocycles. The molecule has 0 N–H and O–H groups in total. The maximum atomic E-state index is 13.0. The van der Waals surface area contributed by atoms with Gasteiger partial charge in [0.1, 0.15) is 5.56 Å². The van der Waals surface area contributed by atoms with Crippen molar-refractivity contribution in [1.29, 1.82) is 0 Å². The number of carbonyl (C=O) groups excluding carboxylic acids is 1. The minimum atomic E-state index is 0.00797. The summed E-state index contributed by atoms with van der Waals surface area (Å²) in [5.74, 6) is 1.07. The lowest BCUT2D eigenvalue weighted by atomic mass is 9.69. The zero-order chi connectivity index (χ0) is 17.2. The third kappa shape index (κ3) is 3.13. The number of rotatable bonds is 2. The van der Waals surface area contributed by atoms with Crippen LogP contribution in [0.15, 0.2) is 54.9 Å². The molecule has 2 fully saturated rings. The number of carbonyl (C=O) groups is 1. The molecule has 4 rings (SSSR count).